The highest BCUT2D eigenvalue weighted by Crippen LogP contribution is 2.29. The summed E-state index contributed by atoms with van der Waals surface area (Å²) in [5.74, 6) is 0. The normalized spacial score (nSPS) is 11.1. The average molecular weight is 266 g/mol. The van der Waals surface area contributed by atoms with Crippen molar-refractivity contribution in [2.45, 2.75) is 26.7 Å². The molecule has 0 aliphatic carbocycles. The van der Waals surface area contributed by atoms with Crippen LogP contribution in [0.3, 0.4) is 0 Å². The molecule has 0 aliphatic heterocycles. The maximum atomic E-state index is 2.36. The van der Waals surface area contributed by atoms with Crippen LogP contribution in [0.4, 0.5) is 0 Å². The van der Waals surface area contributed by atoms with Crippen LogP contribution in [0.25, 0.3) is 10.1 Å². The number of rotatable bonds is 3. The molecule has 0 N–H and O–H groups in total. The van der Waals surface area contributed by atoms with Crippen LogP contribution in [-0.4, -0.2) is 0 Å². The Labute approximate surface area is 118 Å². The lowest BCUT2D eigenvalue weighted by atomic mass is 10.0. The van der Waals surface area contributed by atoms with E-state index >= 15 is 0 Å². The molecule has 0 atom stereocenters. The van der Waals surface area contributed by atoms with Crippen molar-refractivity contribution in [3.8, 4) is 0 Å². The number of aryl methyl sites for hydroxylation is 2. The molecule has 0 spiro atoms. The van der Waals surface area contributed by atoms with Crippen molar-refractivity contribution in [2.75, 3.05) is 0 Å². The van der Waals surface area contributed by atoms with E-state index in [1.807, 2.05) is 11.3 Å². The number of benzene rings is 2. The summed E-state index contributed by atoms with van der Waals surface area (Å²) in [5.41, 5.74) is 5.61. The Kier molecular flexibility index (Phi) is 3.39. The average Bonchev–Trinajstić information content (AvgIpc) is 2.84. The zero-order chi connectivity index (χ0) is 13.2. The molecule has 0 saturated carbocycles. The van der Waals surface area contributed by atoms with E-state index in [1.165, 1.54) is 32.3 Å². The molecular weight excluding hydrogens is 248 g/mol. The zero-order valence-electron chi connectivity index (χ0n) is 11.4. The van der Waals surface area contributed by atoms with Crippen LogP contribution in [0.2, 0.25) is 0 Å². The van der Waals surface area contributed by atoms with E-state index in [4.69, 9.17) is 0 Å². The predicted molar refractivity (Wildman–Crippen MR) is 85.2 cm³/mol. The van der Waals surface area contributed by atoms with Gasteiger partial charge in [-0.05, 0) is 53.3 Å². The van der Waals surface area contributed by atoms with Gasteiger partial charge in [-0.2, -0.15) is 0 Å². The van der Waals surface area contributed by atoms with Gasteiger partial charge in [0.05, 0.1) is 0 Å². The van der Waals surface area contributed by atoms with E-state index in [0.717, 1.165) is 12.8 Å². The van der Waals surface area contributed by atoms with Crippen molar-refractivity contribution in [1.29, 1.82) is 0 Å². The summed E-state index contributed by atoms with van der Waals surface area (Å²) in [6.45, 7) is 4.35. The lowest BCUT2D eigenvalue weighted by molar-refractivity contribution is 1.14. The highest BCUT2D eigenvalue weighted by molar-refractivity contribution is 7.17. The Morgan fingerprint density at radius 2 is 1.68 bits per heavy atom. The summed E-state index contributed by atoms with van der Waals surface area (Å²) in [6.07, 6.45) is 2.14. The summed E-state index contributed by atoms with van der Waals surface area (Å²) in [7, 11) is 0. The van der Waals surface area contributed by atoms with Gasteiger partial charge in [-0.25, -0.2) is 0 Å². The summed E-state index contributed by atoms with van der Waals surface area (Å²) < 4.78 is 1.40. The molecule has 3 aromatic rings. The molecule has 0 unspecified atom stereocenters. The molecule has 3 rings (SSSR count). The second kappa shape index (κ2) is 5.18. The summed E-state index contributed by atoms with van der Waals surface area (Å²) in [4.78, 5) is 0. The predicted octanol–water partition coefficient (Wildman–Crippen LogP) is 5.36. The molecule has 1 heterocycles. The number of thiophene rings is 1. The fraction of sp³-hybridized carbons (Fsp3) is 0.222. The fourth-order valence-corrected chi connectivity index (χ4v) is 3.35. The van der Waals surface area contributed by atoms with Crippen LogP contribution >= 0.6 is 11.3 Å². The third-order valence-electron chi connectivity index (χ3n) is 3.64. The van der Waals surface area contributed by atoms with E-state index < -0.39 is 0 Å². The largest absolute Gasteiger partial charge is 0.144 e. The lowest BCUT2D eigenvalue weighted by Gasteiger charge is -2.03. The Balaban J connectivity index is 1.98. The first-order valence-electron chi connectivity index (χ1n) is 6.81. The molecule has 0 amide bonds. The quantitative estimate of drug-likeness (QED) is 0.598. The van der Waals surface area contributed by atoms with Crippen LogP contribution in [0.5, 0.6) is 0 Å². The third kappa shape index (κ3) is 2.57. The summed E-state index contributed by atoms with van der Waals surface area (Å²) in [6, 6.07) is 15.7. The molecule has 0 radical (unpaired) electrons. The number of fused-ring (bicyclic) bond motifs is 1. The van der Waals surface area contributed by atoms with E-state index in [9.17, 15) is 0 Å². The maximum Gasteiger partial charge on any atom is 0.0345 e. The molecule has 2 aromatic carbocycles. The minimum Gasteiger partial charge on any atom is -0.144 e. The molecule has 96 valence electrons. The first-order valence-corrected chi connectivity index (χ1v) is 7.69. The molecule has 0 fully saturated rings. The minimum atomic E-state index is 1.04. The minimum absolute atomic E-state index is 1.04. The summed E-state index contributed by atoms with van der Waals surface area (Å²) in [5, 5.41) is 3.74. The third-order valence-corrected chi connectivity index (χ3v) is 4.65. The zero-order valence-corrected chi connectivity index (χ0v) is 12.3. The highest BCUT2D eigenvalue weighted by Gasteiger charge is 2.05. The van der Waals surface area contributed by atoms with Gasteiger partial charge in [-0.3, -0.25) is 0 Å². The van der Waals surface area contributed by atoms with Crippen molar-refractivity contribution >= 4 is 21.4 Å². The van der Waals surface area contributed by atoms with Crippen LogP contribution in [0.1, 0.15) is 29.2 Å². The fourth-order valence-electron chi connectivity index (χ4n) is 2.41. The van der Waals surface area contributed by atoms with Crippen LogP contribution in [0, 0.1) is 6.92 Å². The Bertz CT molecular complexity index is 689. The maximum absolute atomic E-state index is 2.36. The van der Waals surface area contributed by atoms with Gasteiger partial charge in [-0.15, -0.1) is 11.3 Å². The van der Waals surface area contributed by atoms with Crippen molar-refractivity contribution in [2.24, 2.45) is 0 Å². The molecule has 1 aromatic heterocycles. The van der Waals surface area contributed by atoms with E-state index in [2.05, 4.69) is 61.7 Å². The van der Waals surface area contributed by atoms with Gasteiger partial charge in [0.25, 0.3) is 0 Å². The van der Waals surface area contributed by atoms with Gasteiger partial charge in [0.15, 0.2) is 0 Å². The van der Waals surface area contributed by atoms with Gasteiger partial charge in [0.2, 0.25) is 0 Å². The molecule has 0 nitrogen and oxygen atoms in total. The standard InChI is InChI=1S/C18H18S/c1-3-14-8-9-18-17(11-14)16(12-19-18)10-15-6-4-13(2)5-7-15/h4-9,11-12H,3,10H2,1-2H3. The van der Waals surface area contributed by atoms with Gasteiger partial charge < -0.3 is 0 Å². The molecular formula is C18H18S. The van der Waals surface area contributed by atoms with Crippen LogP contribution < -0.4 is 0 Å². The second-order valence-electron chi connectivity index (χ2n) is 5.11. The Hall–Kier alpha value is -1.60. The Morgan fingerprint density at radius 3 is 2.42 bits per heavy atom. The van der Waals surface area contributed by atoms with E-state index in [-0.39, 0.29) is 0 Å². The van der Waals surface area contributed by atoms with Crippen LogP contribution in [-0.2, 0) is 12.8 Å². The highest BCUT2D eigenvalue weighted by atomic mass is 32.1. The van der Waals surface area contributed by atoms with Crippen molar-refractivity contribution in [3.63, 3.8) is 0 Å². The first kappa shape index (κ1) is 12.4. The van der Waals surface area contributed by atoms with E-state index in [1.54, 1.807) is 0 Å². The lowest BCUT2D eigenvalue weighted by Crippen LogP contribution is -1.87. The smallest absolute Gasteiger partial charge is 0.0345 e. The number of hydrogen-bond acceptors (Lipinski definition) is 1. The van der Waals surface area contributed by atoms with Gasteiger partial charge in [-0.1, -0.05) is 48.9 Å². The van der Waals surface area contributed by atoms with Gasteiger partial charge in [0, 0.05) is 4.70 Å². The molecule has 0 aliphatic rings. The number of hydrogen-bond donors (Lipinski definition) is 0. The molecule has 0 saturated heterocycles. The topological polar surface area (TPSA) is 0 Å². The molecule has 0 bridgehead atoms. The Morgan fingerprint density at radius 1 is 0.947 bits per heavy atom. The molecule has 19 heavy (non-hydrogen) atoms. The molecule has 1 heteroatoms. The van der Waals surface area contributed by atoms with E-state index in [0.29, 0.717) is 0 Å². The van der Waals surface area contributed by atoms with Crippen molar-refractivity contribution in [1.82, 2.24) is 0 Å². The monoisotopic (exact) mass is 266 g/mol. The summed E-state index contributed by atoms with van der Waals surface area (Å²) >= 11 is 1.86. The van der Waals surface area contributed by atoms with Gasteiger partial charge >= 0.3 is 0 Å². The van der Waals surface area contributed by atoms with Crippen molar-refractivity contribution in [3.05, 3.63) is 70.1 Å². The van der Waals surface area contributed by atoms with Crippen LogP contribution in [0.15, 0.2) is 47.8 Å². The van der Waals surface area contributed by atoms with Gasteiger partial charge in [0.1, 0.15) is 0 Å². The first-order chi connectivity index (χ1) is 9.26. The second-order valence-corrected chi connectivity index (χ2v) is 6.02. The van der Waals surface area contributed by atoms with Crippen molar-refractivity contribution < 1.29 is 0 Å². The SMILES string of the molecule is CCc1ccc2scc(Cc3ccc(C)cc3)c2c1.